The highest BCUT2D eigenvalue weighted by molar-refractivity contribution is 8.09. The zero-order valence-corrected chi connectivity index (χ0v) is 10.5. The lowest BCUT2D eigenvalue weighted by Gasteiger charge is -1.97. The lowest BCUT2D eigenvalue weighted by Crippen LogP contribution is -2.00. The average molecular weight is 298 g/mol. The zero-order valence-electron chi connectivity index (χ0n) is 8.94. The number of nitro groups is 1. The second-order valence-corrected chi connectivity index (χ2v) is 4.70. The van der Waals surface area contributed by atoms with Crippen LogP contribution in [0.25, 0.3) is 0 Å². The molecule has 0 aliphatic heterocycles. The number of esters is 1. The second kappa shape index (κ2) is 6.89. The topological polar surface area (TPSA) is 124 Å². The summed E-state index contributed by atoms with van der Waals surface area (Å²) in [5.41, 5.74) is 0.251. The van der Waals surface area contributed by atoms with E-state index in [4.69, 9.17) is 13.0 Å². The standard InChI is InChI=1S/C8H7NO4.ClHO3S/c1-13-8(10)6-2-4-7(5-3-6)9(11)12;1-5(2,3)4/h2-5H,1H3;(H,2,3,4). The van der Waals surface area contributed by atoms with Gasteiger partial charge in [-0.2, -0.15) is 8.42 Å². The van der Waals surface area contributed by atoms with Gasteiger partial charge in [0.1, 0.15) is 0 Å². The number of nitrogens with zero attached hydrogens (tertiary/aromatic N) is 1. The summed E-state index contributed by atoms with van der Waals surface area (Å²) in [7, 11) is 1.12. The summed E-state index contributed by atoms with van der Waals surface area (Å²) in [6.45, 7) is 0. The van der Waals surface area contributed by atoms with Crippen molar-refractivity contribution in [3.05, 3.63) is 39.9 Å². The number of rotatable bonds is 2. The third-order valence-corrected chi connectivity index (χ3v) is 1.50. The molecule has 10 heteroatoms. The quantitative estimate of drug-likeness (QED) is 0.288. The van der Waals surface area contributed by atoms with Gasteiger partial charge in [-0.15, -0.1) is 0 Å². The van der Waals surface area contributed by atoms with Crippen LogP contribution in [0.2, 0.25) is 0 Å². The number of benzene rings is 1. The van der Waals surface area contributed by atoms with Crippen molar-refractivity contribution in [3.63, 3.8) is 0 Å². The van der Waals surface area contributed by atoms with Crippen LogP contribution in [0, 0.1) is 10.1 Å². The Morgan fingerprint density at radius 1 is 1.39 bits per heavy atom. The van der Waals surface area contributed by atoms with Crippen molar-refractivity contribution in [2.24, 2.45) is 0 Å². The first-order valence-corrected chi connectivity index (χ1v) is 6.41. The minimum absolute atomic E-state index is 0.0485. The van der Waals surface area contributed by atoms with Crippen LogP contribution in [-0.2, 0) is 14.1 Å². The van der Waals surface area contributed by atoms with Crippen molar-refractivity contribution >= 4 is 31.7 Å². The third kappa shape index (κ3) is 7.54. The molecule has 100 valence electrons. The molecule has 0 saturated heterocycles. The van der Waals surface area contributed by atoms with Gasteiger partial charge < -0.3 is 4.74 Å². The molecule has 18 heavy (non-hydrogen) atoms. The van der Waals surface area contributed by atoms with Gasteiger partial charge in [-0.1, -0.05) is 0 Å². The SMILES string of the molecule is COC(=O)c1ccc([N+](=O)[O-])cc1.O=S(=O)(O)Cl. The Morgan fingerprint density at radius 2 is 1.78 bits per heavy atom. The van der Waals surface area contributed by atoms with E-state index in [0.717, 1.165) is 0 Å². The number of halogens is 1. The molecule has 0 fully saturated rings. The van der Waals surface area contributed by atoms with E-state index in [-0.39, 0.29) is 5.69 Å². The molecule has 0 aliphatic rings. The summed E-state index contributed by atoms with van der Waals surface area (Å²) in [6, 6.07) is 5.21. The number of methoxy groups -OCH3 is 1. The number of non-ortho nitro benzene ring substituents is 1. The normalized spacial score (nSPS) is 9.94. The molecule has 0 aliphatic carbocycles. The summed E-state index contributed by atoms with van der Waals surface area (Å²) >= 11 is 0. The molecule has 0 saturated carbocycles. The summed E-state index contributed by atoms with van der Waals surface area (Å²) in [6.07, 6.45) is 0. The lowest BCUT2D eigenvalue weighted by molar-refractivity contribution is -0.384. The molecule has 0 spiro atoms. The van der Waals surface area contributed by atoms with Gasteiger partial charge in [-0.25, -0.2) is 4.79 Å². The van der Waals surface area contributed by atoms with E-state index in [0.29, 0.717) is 5.56 Å². The fraction of sp³-hybridized carbons (Fsp3) is 0.125. The molecule has 0 bridgehead atoms. The summed E-state index contributed by atoms with van der Waals surface area (Å²) in [4.78, 5) is 20.6. The molecule has 1 rings (SSSR count). The number of nitro benzene ring substituents is 1. The van der Waals surface area contributed by atoms with Crippen LogP contribution in [0.3, 0.4) is 0 Å². The lowest BCUT2D eigenvalue weighted by atomic mass is 10.2. The van der Waals surface area contributed by atoms with Gasteiger partial charge in [0.05, 0.1) is 17.6 Å². The first-order valence-electron chi connectivity index (χ1n) is 4.15. The minimum atomic E-state index is -4.19. The van der Waals surface area contributed by atoms with Crippen LogP contribution in [-0.4, -0.2) is 31.0 Å². The van der Waals surface area contributed by atoms with Gasteiger partial charge in [-0.3, -0.25) is 14.7 Å². The molecule has 0 aromatic heterocycles. The maximum absolute atomic E-state index is 10.9. The van der Waals surface area contributed by atoms with Crippen LogP contribution in [0.1, 0.15) is 10.4 Å². The predicted molar refractivity (Wildman–Crippen MR) is 61.8 cm³/mol. The molecule has 0 heterocycles. The van der Waals surface area contributed by atoms with E-state index in [1.807, 2.05) is 0 Å². The van der Waals surface area contributed by atoms with Crippen LogP contribution < -0.4 is 0 Å². The molecule has 1 N–H and O–H groups in total. The molecule has 0 unspecified atom stereocenters. The Hall–Kier alpha value is -1.71. The number of hydrogen-bond acceptors (Lipinski definition) is 6. The van der Waals surface area contributed by atoms with Crippen molar-refractivity contribution in [1.29, 1.82) is 0 Å². The van der Waals surface area contributed by atoms with Gasteiger partial charge in [0.25, 0.3) is 5.69 Å². The van der Waals surface area contributed by atoms with E-state index in [1.165, 1.54) is 31.4 Å². The van der Waals surface area contributed by atoms with Crippen LogP contribution in [0.4, 0.5) is 5.69 Å². The highest BCUT2D eigenvalue weighted by atomic mass is 35.7. The number of carbonyl (C=O) groups is 1. The summed E-state index contributed by atoms with van der Waals surface area (Å²) in [5.74, 6) is -0.505. The predicted octanol–water partition coefficient (Wildman–Crippen LogP) is 1.41. The van der Waals surface area contributed by atoms with Gasteiger partial charge >= 0.3 is 15.3 Å². The maximum atomic E-state index is 10.9. The smallest absolute Gasteiger partial charge is 0.353 e. The Kier molecular flexibility index (Phi) is 6.23. The van der Waals surface area contributed by atoms with E-state index in [9.17, 15) is 14.9 Å². The van der Waals surface area contributed by atoms with Crippen molar-refractivity contribution in [2.45, 2.75) is 0 Å². The number of hydrogen-bond donors (Lipinski definition) is 1. The fourth-order valence-corrected chi connectivity index (χ4v) is 0.837. The Balaban J connectivity index is 0.000000494. The van der Waals surface area contributed by atoms with Gasteiger partial charge in [0.15, 0.2) is 0 Å². The minimum Gasteiger partial charge on any atom is -0.465 e. The van der Waals surface area contributed by atoms with E-state index in [1.54, 1.807) is 0 Å². The van der Waals surface area contributed by atoms with Crippen LogP contribution in [0.15, 0.2) is 24.3 Å². The largest absolute Gasteiger partial charge is 0.465 e. The van der Waals surface area contributed by atoms with Crippen molar-refractivity contribution in [1.82, 2.24) is 0 Å². The monoisotopic (exact) mass is 297 g/mol. The zero-order chi connectivity index (χ0) is 14.3. The Labute approximate surface area is 107 Å². The van der Waals surface area contributed by atoms with E-state index >= 15 is 0 Å². The average Bonchev–Trinajstić information content (AvgIpc) is 2.26. The summed E-state index contributed by atoms with van der Waals surface area (Å²) < 4.78 is 29.6. The number of ether oxygens (including phenoxy) is 1. The van der Waals surface area contributed by atoms with E-state index < -0.39 is 20.2 Å². The molecule has 1 aromatic rings. The maximum Gasteiger partial charge on any atom is 0.353 e. The highest BCUT2D eigenvalue weighted by Gasteiger charge is 2.08. The molecule has 0 atom stereocenters. The third-order valence-electron chi connectivity index (χ3n) is 1.50. The first-order chi connectivity index (χ1) is 8.15. The number of carbonyl (C=O) groups excluding carboxylic acids is 1. The highest BCUT2D eigenvalue weighted by Crippen LogP contribution is 2.12. The van der Waals surface area contributed by atoms with Crippen molar-refractivity contribution < 1.29 is 27.4 Å². The summed E-state index contributed by atoms with van der Waals surface area (Å²) in [5, 5.41) is 10.2. The van der Waals surface area contributed by atoms with Crippen molar-refractivity contribution in [2.75, 3.05) is 7.11 Å². The Morgan fingerprint density at radius 3 is 2.06 bits per heavy atom. The second-order valence-electron chi connectivity index (χ2n) is 2.71. The molecular formula is C8H8ClNO7S. The molecule has 8 nitrogen and oxygen atoms in total. The van der Waals surface area contributed by atoms with E-state index in [2.05, 4.69) is 15.4 Å². The first kappa shape index (κ1) is 16.3. The van der Waals surface area contributed by atoms with Crippen LogP contribution >= 0.6 is 10.7 Å². The molecule has 1 aromatic carbocycles. The Bertz CT molecular complexity index is 517. The van der Waals surface area contributed by atoms with Crippen molar-refractivity contribution in [3.8, 4) is 0 Å². The van der Waals surface area contributed by atoms with Crippen LogP contribution in [0.5, 0.6) is 0 Å². The van der Waals surface area contributed by atoms with Gasteiger partial charge in [0, 0.05) is 22.8 Å². The molecule has 0 radical (unpaired) electrons. The molecule has 0 amide bonds. The van der Waals surface area contributed by atoms with Gasteiger partial charge in [-0.05, 0) is 12.1 Å². The molecular weight excluding hydrogens is 290 g/mol. The fourth-order valence-electron chi connectivity index (χ4n) is 0.837. The van der Waals surface area contributed by atoms with Gasteiger partial charge in [0.2, 0.25) is 0 Å².